The number of aliphatic carboxylic acids is 1. The second-order valence-corrected chi connectivity index (χ2v) is 9.36. The maximum atomic E-state index is 12.6. The predicted octanol–water partition coefficient (Wildman–Crippen LogP) is 3.92. The Balaban J connectivity index is 1.29. The zero-order valence-corrected chi connectivity index (χ0v) is 19.0. The zero-order chi connectivity index (χ0) is 23.6. The molecule has 2 aromatic rings. The Bertz CT molecular complexity index is 1020. The van der Waals surface area contributed by atoms with Crippen LogP contribution in [0.4, 0.5) is 4.79 Å². The van der Waals surface area contributed by atoms with Crippen molar-refractivity contribution in [3.8, 4) is 11.1 Å². The van der Waals surface area contributed by atoms with Crippen molar-refractivity contribution in [3.05, 3.63) is 59.7 Å². The lowest BCUT2D eigenvalue weighted by atomic mass is 9.90. The van der Waals surface area contributed by atoms with Gasteiger partial charge in [0.1, 0.15) is 6.61 Å². The van der Waals surface area contributed by atoms with Crippen molar-refractivity contribution in [3.63, 3.8) is 0 Å². The smallest absolute Gasteiger partial charge is 0.407 e. The Morgan fingerprint density at radius 2 is 1.64 bits per heavy atom. The third kappa shape index (κ3) is 5.02. The molecule has 0 aromatic heterocycles. The molecule has 2 aromatic carbocycles. The van der Waals surface area contributed by atoms with E-state index >= 15 is 0 Å². The minimum atomic E-state index is -0.936. The van der Waals surface area contributed by atoms with Gasteiger partial charge in [-0.05, 0) is 47.9 Å². The topological polar surface area (TPSA) is 105 Å². The van der Waals surface area contributed by atoms with E-state index in [1.807, 2.05) is 24.3 Å². The molecule has 174 valence electrons. The summed E-state index contributed by atoms with van der Waals surface area (Å²) in [6.45, 7) is 3.80. The number of alkyl carbamates (subject to hydrolysis) is 1. The molecule has 2 unspecified atom stereocenters. The van der Waals surface area contributed by atoms with Crippen LogP contribution < -0.4 is 10.6 Å². The van der Waals surface area contributed by atoms with Gasteiger partial charge in [0, 0.05) is 12.5 Å². The van der Waals surface area contributed by atoms with Gasteiger partial charge >= 0.3 is 12.1 Å². The van der Waals surface area contributed by atoms with Crippen LogP contribution in [0.25, 0.3) is 11.1 Å². The Morgan fingerprint density at radius 1 is 1.06 bits per heavy atom. The molecule has 7 heteroatoms. The quantitative estimate of drug-likeness (QED) is 0.537. The lowest BCUT2D eigenvalue weighted by Gasteiger charge is -2.31. The summed E-state index contributed by atoms with van der Waals surface area (Å²) in [5.74, 6) is -1.57. The van der Waals surface area contributed by atoms with E-state index in [2.05, 4.69) is 34.9 Å². The third-order valence-corrected chi connectivity index (χ3v) is 6.75. The van der Waals surface area contributed by atoms with Crippen LogP contribution in [-0.2, 0) is 14.3 Å². The number of nitrogens with one attached hydrogen (secondary N) is 2. The van der Waals surface area contributed by atoms with Crippen molar-refractivity contribution in [2.45, 2.75) is 44.6 Å². The van der Waals surface area contributed by atoms with Crippen molar-refractivity contribution >= 4 is 18.0 Å². The number of hydrogen-bond donors (Lipinski definition) is 3. The number of fused-ring (bicyclic) bond motifs is 3. The molecule has 33 heavy (non-hydrogen) atoms. The fourth-order valence-corrected chi connectivity index (χ4v) is 4.71. The van der Waals surface area contributed by atoms with Crippen molar-refractivity contribution in [2.24, 2.45) is 11.8 Å². The van der Waals surface area contributed by atoms with E-state index in [-0.39, 0.29) is 37.3 Å². The summed E-state index contributed by atoms with van der Waals surface area (Å²) in [5, 5.41) is 14.8. The van der Waals surface area contributed by atoms with E-state index in [0.29, 0.717) is 0 Å². The largest absolute Gasteiger partial charge is 0.481 e. The average Bonchev–Trinajstić information content (AvgIpc) is 3.60. The molecule has 0 saturated heterocycles. The first-order chi connectivity index (χ1) is 15.8. The summed E-state index contributed by atoms with van der Waals surface area (Å²) < 4.78 is 5.51. The fourth-order valence-electron chi connectivity index (χ4n) is 4.71. The molecule has 0 spiro atoms. The first-order valence-corrected chi connectivity index (χ1v) is 11.4. The van der Waals surface area contributed by atoms with Gasteiger partial charge in [-0.2, -0.15) is 0 Å². The molecule has 4 rings (SSSR count). The van der Waals surface area contributed by atoms with Crippen molar-refractivity contribution in [1.29, 1.82) is 0 Å². The van der Waals surface area contributed by atoms with Crippen LogP contribution in [0.2, 0.25) is 0 Å². The van der Waals surface area contributed by atoms with Gasteiger partial charge < -0.3 is 20.5 Å². The van der Waals surface area contributed by atoms with Gasteiger partial charge in [-0.1, -0.05) is 55.5 Å². The van der Waals surface area contributed by atoms with Gasteiger partial charge in [0.2, 0.25) is 5.91 Å². The summed E-state index contributed by atoms with van der Waals surface area (Å²) in [6, 6.07) is 16.2. The minimum absolute atomic E-state index is 0.0286. The zero-order valence-electron chi connectivity index (χ0n) is 19.0. The van der Waals surface area contributed by atoms with E-state index in [1.54, 1.807) is 13.8 Å². The SMILES string of the molecule is CC(CNC(=O)OCC1c2ccccc2-c2ccccc21)C(=O)NC(C)(CC(=O)O)C1CC1. The molecule has 2 aliphatic rings. The van der Waals surface area contributed by atoms with Crippen LogP contribution in [-0.4, -0.2) is 41.8 Å². The highest BCUT2D eigenvalue weighted by Crippen LogP contribution is 2.44. The number of amides is 2. The molecule has 2 amide bonds. The molecule has 2 aliphatic carbocycles. The molecule has 2 atom stereocenters. The summed E-state index contributed by atoms with van der Waals surface area (Å²) in [7, 11) is 0. The van der Waals surface area contributed by atoms with E-state index in [1.165, 1.54) is 0 Å². The highest BCUT2D eigenvalue weighted by molar-refractivity contribution is 5.81. The lowest BCUT2D eigenvalue weighted by molar-refractivity contribution is -0.139. The normalized spacial score (nSPS) is 17.3. The van der Waals surface area contributed by atoms with Crippen LogP contribution >= 0.6 is 0 Å². The molecule has 3 N–H and O–H groups in total. The average molecular weight is 451 g/mol. The number of hydrogen-bond acceptors (Lipinski definition) is 4. The van der Waals surface area contributed by atoms with E-state index in [0.717, 1.165) is 35.1 Å². The number of carbonyl (C=O) groups is 3. The van der Waals surface area contributed by atoms with Crippen LogP contribution in [0, 0.1) is 11.8 Å². The van der Waals surface area contributed by atoms with Crippen LogP contribution in [0.3, 0.4) is 0 Å². The second-order valence-electron chi connectivity index (χ2n) is 9.36. The van der Waals surface area contributed by atoms with Crippen LogP contribution in [0.15, 0.2) is 48.5 Å². The molecular weight excluding hydrogens is 420 g/mol. The Hall–Kier alpha value is -3.35. The summed E-state index contributed by atoms with van der Waals surface area (Å²) in [5.41, 5.74) is 3.83. The van der Waals surface area contributed by atoms with Gasteiger partial charge in [0.05, 0.1) is 17.9 Å². The van der Waals surface area contributed by atoms with Gasteiger partial charge in [-0.25, -0.2) is 4.79 Å². The molecule has 0 aliphatic heterocycles. The highest BCUT2D eigenvalue weighted by Gasteiger charge is 2.44. The molecule has 7 nitrogen and oxygen atoms in total. The van der Waals surface area contributed by atoms with Gasteiger partial charge in [0.25, 0.3) is 0 Å². The molecule has 0 heterocycles. The number of carboxylic acid groups (broad SMARTS) is 1. The number of carbonyl (C=O) groups excluding carboxylic acids is 2. The Labute approximate surface area is 193 Å². The molecule has 1 saturated carbocycles. The van der Waals surface area contributed by atoms with Crippen LogP contribution in [0.5, 0.6) is 0 Å². The maximum absolute atomic E-state index is 12.6. The monoisotopic (exact) mass is 450 g/mol. The highest BCUT2D eigenvalue weighted by atomic mass is 16.5. The summed E-state index contributed by atoms with van der Waals surface area (Å²) in [6.07, 6.45) is 1.13. The van der Waals surface area contributed by atoms with Gasteiger partial charge in [0.15, 0.2) is 0 Å². The van der Waals surface area contributed by atoms with Crippen molar-refractivity contribution in [1.82, 2.24) is 10.6 Å². The van der Waals surface area contributed by atoms with Crippen molar-refractivity contribution in [2.75, 3.05) is 13.2 Å². The van der Waals surface area contributed by atoms with Gasteiger partial charge in [-0.15, -0.1) is 0 Å². The molecular formula is C26H30N2O5. The Morgan fingerprint density at radius 3 is 2.18 bits per heavy atom. The lowest BCUT2D eigenvalue weighted by Crippen LogP contribution is -2.52. The number of ether oxygens (including phenoxy) is 1. The standard InChI is InChI=1S/C26H30N2O5/c1-16(24(31)28-26(2,13-23(29)30)17-11-12-17)14-27-25(32)33-15-22-20-9-5-3-7-18(20)19-8-4-6-10-21(19)22/h3-10,16-17,22H,11-15H2,1-2H3,(H,27,32)(H,28,31)(H,29,30). The maximum Gasteiger partial charge on any atom is 0.407 e. The first kappa shape index (κ1) is 22.8. The van der Waals surface area contributed by atoms with E-state index < -0.39 is 23.5 Å². The van der Waals surface area contributed by atoms with E-state index in [4.69, 9.17) is 4.74 Å². The van der Waals surface area contributed by atoms with Crippen LogP contribution in [0.1, 0.15) is 50.2 Å². The van der Waals surface area contributed by atoms with Crippen molar-refractivity contribution < 1.29 is 24.2 Å². The third-order valence-electron chi connectivity index (χ3n) is 6.75. The molecule has 0 radical (unpaired) electrons. The predicted molar refractivity (Wildman–Crippen MR) is 124 cm³/mol. The molecule has 0 bridgehead atoms. The Kier molecular flexibility index (Phi) is 6.40. The second kappa shape index (κ2) is 9.25. The van der Waals surface area contributed by atoms with E-state index in [9.17, 15) is 19.5 Å². The minimum Gasteiger partial charge on any atom is -0.481 e. The molecule has 1 fully saturated rings. The number of benzene rings is 2. The van der Waals surface area contributed by atoms with Gasteiger partial charge in [-0.3, -0.25) is 9.59 Å². The number of carboxylic acids is 1. The first-order valence-electron chi connectivity index (χ1n) is 11.4. The number of rotatable bonds is 9. The summed E-state index contributed by atoms with van der Waals surface area (Å²) in [4.78, 5) is 36.2. The fraction of sp³-hybridized carbons (Fsp3) is 0.423. The summed E-state index contributed by atoms with van der Waals surface area (Å²) >= 11 is 0.